The van der Waals surface area contributed by atoms with Gasteiger partial charge in [0.05, 0.1) is 12.8 Å². The van der Waals surface area contributed by atoms with E-state index in [-0.39, 0.29) is 5.69 Å². The fraction of sp³-hybridized carbons (Fsp3) is 0.278. The van der Waals surface area contributed by atoms with E-state index in [9.17, 15) is 13.6 Å². The summed E-state index contributed by atoms with van der Waals surface area (Å²) in [5, 5.41) is 2.49. The molecule has 0 unspecified atom stereocenters. The Bertz CT molecular complexity index is 762. The quantitative estimate of drug-likeness (QED) is 0.926. The molecule has 0 saturated carbocycles. The van der Waals surface area contributed by atoms with Gasteiger partial charge in [-0.25, -0.2) is 13.6 Å². The average Bonchev–Trinajstić information content (AvgIpc) is 2.64. The molecule has 1 aliphatic heterocycles. The molecule has 7 heteroatoms. The van der Waals surface area contributed by atoms with Crippen molar-refractivity contribution in [3.8, 4) is 5.75 Å². The SMILES string of the molecule is COc1cccc(N2CCN(C(=O)Nc3ccc(F)cc3F)CC2)c1. The number of carbonyl (C=O) groups is 1. The van der Waals surface area contributed by atoms with Crippen LogP contribution in [-0.4, -0.2) is 44.2 Å². The summed E-state index contributed by atoms with van der Waals surface area (Å²) in [5.74, 6) is -0.685. The van der Waals surface area contributed by atoms with Crippen LogP contribution in [0.2, 0.25) is 0 Å². The minimum absolute atomic E-state index is 0.0263. The molecule has 1 N–H and O–H groups in total. The number of methoxy groups -OCH3 is 1. The zero-order chi connectivity index (χ0) is 17.8. The predicted molar refractivity (Wildman–Crippen MR) is 92.2 cm³/mol. The van der Waals surface area contributed by atoms with Crippen LogP contribution in [0.5, 0.6) is 5.75 Å². The van der Waals surface area contributed by atoms with Crippen molar-refractivity contribution >= 4 is 17.4 Å². The molecule has 25 heavy (non-hydrogen) atoms. The van der Waals surface area contributed by atoms with Crippen molar-refractivity contribution in [2.24, 2.45) is 0 Å². The van der Waals surface area contributed by atoms with Crippen LogP contribution < -0.4 is 15.0 Å². The van der Waals surface area contributed by atoms with Gasteiger partial charge in [-0.15, -0.1) is 0 Å². The average molecular weight is 347 g/mol. The molecule has 0 bridgehead atoms. The summed E-state index contributed by atoms with van der Waals surface area (Å²) in [5.41, 5.74) is 1.01. The molecule has 0 spiro atoms. The molecule has 3 rings (SSSR count). The first kappa shape index (κ1) is 17.0. The second-order valence-electron chi connectivity index (χ2n) is 5.73. The van der Waals surface area contributed by atoms with Gasteiger partial charge in [0.1, 0.15) is 17.4 Å². The molecule has 5 nitrogen and oxygen atoms in total. The van der Waals surface area contributed by atoms with E-state index < -0.39 is 17.7 Å². The Kier molecular flexibility index (Phi) is 5.02. The van der Waals surface area contributed by atoms with Crippen LogP contribution in [0.4, 0.5) is 25.0 Å². The number of rotatable bonds is 3. The van der Waals surface area contributed by atoms with Gasteiger partial charge in [0.2, 0.25) is 0 Å². The van der Waals surface area contributed by atoms with Gasteiger partial charge in [-0.2, -0.15) is 0 Å². The van der Waals surface area contributed by atoms with Gasteiger partial charge in [0, 0.05) is 44.0 Å². The summed E-state index contributed by atoms with van der Waals surface area (Å²) in [7, 11) is 1.62. The molecular weight excluding hydrogens is 328 g/mol. The summed E-state index contributed by atoms with van der Waals surface area (Å²) >= 11 is 0. The zero-order valence-corrected chi connectivity index (χ0v) is 13.8. The number of ether oxygens (including phenoxy) is 1. The minimum atomic E-state index is -0.789. The number of urea groups is 1. The van der Waals surface area contributed by atoms with Crippen LogP contribution in [0.15, 0.2) is 42.5 Å². The summed E-state index contributed by atoms with van der Waals surface area (Å²) < 4.78 is 31.8. The Balaban J connectivity index is 1.58. The van der Waals surface area contributed by atoms with Crippen LogP contribution in [0.1, 0.15) is 0 Å². The van der Waals surface area contributed by atoms with Crippen molar-refractivity contribution in [1.29, 1.82) is 0 Å². The number of hydrogen-bond donors (Lipinski definition) is 1. The lowest BCUT2D eigenvalue weighted by Crippen LogP contribution is -2.50. The highest BCUT2D eigenvalue weighted by atomic mass is 19.1. The van der Waals surface area contributed by atoms with Crippen molar-refractivity contribution in [2.45, 2.75) is 0 Å². The van der Waals surface area contributed by atoms with Crippen LogP contribution in [-0.2, 0) is 0 Å². The third kappa shape index (κ3) is 3.99. The van der Waals surface area contributed by atoms with Crippen LogP contribution >= 0.6 is 0 Å². The monoisotopic (exact) mass is 347 g/mol. The lowest BCUT2D eigenvalue weighted by atomic mass is 10.2. The lowest BCUT2D eigenvalue weighted by Gasteiger charge is -2.36. The molecule has 0 aliphatic carbocycles. The number of nitrogens with zero attached hydrogens (tertiary/aromatic N) is 2. The summed E-state index contributed by atoms with van der Waals surface area (Å²) in [6.07, 6.45) is 0. The van der Waals surface area contributed by atoms with Gasteiger partial charge in [-0.05, 0) is 24.3 Å². The normalized spacial score (nSPS) is 14.4. The molecule has 2 aromatic rings. The fourth-order valence-electron chi connectivity index (χ4n) is 2.76. The first-order chi connectivity index (χ1) is 12.1. The number of hydrogen-bond acceptors (Lipinski definition) is 3. The van der Waals surface area contributed by atoms with Crippen LogP contribution in [0.25, 0.3) is 0 Å². The second-order valence-corrected chi connectivity index (χ2v) is 5.73. The van der Waals surface area contributed by atoms with E-state index in [4.69, 9.17) is 4.74 Å². The van der Waals surface area contributed by atoms with E-state index in [2.05, 4.69) is 10.2 Å². The second kappa shape index (κ2) is 7.38. The minimum Gasteiger partial charge on any atom is -0.497 e. The van der Waals surface area contributed by atoms with Crippen molar-refractivity contribution in [1.82, 2.24) is 4.90 Å². The largest absolute Gasteiger partial charge is 0.497 e. The molecule has 1 fully saturated rings. The smallest absolute Gasteiger partial charge is 0.322 e. The maximum Gasteiger partial charge on any atom is 0.322 e. The summed E-state index contributed by atoms with van der Waals surface area (Å²) in [6, 6.07) is 10.4. The topological polar surface area (TPSA) is 44.8 Å². The Morgan fingerprint density at radius 3 is 2.52 bits per heavy atom. The molecule has 1 aliphatic rings. The summed E-state index contributed by atoms with van der Waals surface area (Å²) in [4.78, 5) is 16.0. The number of piperazine rings is 1. The highest BCUT2D eigenvalue weighted by molar-refractivity contribution is 5.89. The first-order valence-electron chi connectivity index (χ1n) is 7.97. The third-order valence-corrected chi connectivity index (χ3v) is 4.16. The fourth-order valence-corrected chi connectivity index (χ4v) is 2.76. The van der Waals surface area contributed by atoms with E-state index in [1.807, 2.05) is 24.3 Å². The highest BCUT2D eigenvalue weighted by Crippen LogP contribution is 2.22. The molecule has 1 saturated heterocycles. The van der Waals surface area contributed by atoms with Crippen molar-refractivity contribution in [3.05, 3.63) is 54.1 Å². The number of benzene rings is 2. The molecule has 2 aromatic carbocycles. The number of halogens is 2. The maximum absolute atomic E-state index is 13.6. The van der Waals surface area contributed by atoms with Crippen molar-refractivity contribution in [3.63, 3.8) is 0 Å². The van der Waals surface area contributed by atoms with E-state index in [1.165, 1.54) is 6.07 Å². The molecule has 132 valence electrons. The first-order valence-corrected chi connectivity index (χ1v) is 7.97. The molecule has 2 amide bonds. The van der Waals surface area contributed by atoms with Gasteiger partial charge in [-0.3, -0.25) is 0 Å². The molecular formula is C18H19F2N3O2. The zero-order valence-electron chi connectivity index (χ0n) is 13.8. The number of amides is 2. The molecule has 0 aromatic heterocycles. The Morgan fingerprint density at radius 1 is 1.08 bits per heavy atom. The van der Waals surface area contributed by atoms with Gasteiger partial charge >= 0.3 is 6.03 Å². The third-order valence-electron chi connectivity index (χ3n) is 4.16. The van der Waals surface area contributed by atoms with Gasteiger partial charge in [0.15, 0.2) is 0 Å². The number of carbonyl (C=O) groups excluding carboxylic acids is 1. The maximum atomic E-state index is 13.6. The van der Waals surface area contributed by atoms with Crippen molar-refractivity contribution in [2.75, 3.05) is 43.5 Å². The molecule has 0 atom stereocenters. The van der Waals surface area contributed by atoms with E-state index in [0.29, 0.717) is 26.2 Å². The van der Waals surface area contributed by atoms with Gasteiger partial charge in [0.25, 0.3) is 0 Å². The Morgan fingerprint density at radius 2 is 1.84 bits per heavy atom. The van der Waals surface area contributed by atoms with Crippen LogP contribution in [0.3, 0.4) is 0 Å². The predicted octanol–water partition coefficient (Wildman–Crippen LogP) is 3.33. The van der Waals surface area contributed by atoms with Crippen LogP contribution in [0, 0.1) is 11.6 Å². The van der Waals surface area contributed by atoms with Crippen molar-refractivity contribution < 1.29 is 18.3 Å². The van der Waals surface area contributed by atoms with E-state index in [1.54, 1.807) is 12.0 Å². The standard InChI is InChI=1S/C18H19F2N3O2/c1-25-15-4-2-3-14(12-15)22-7-9-23(10-8-22)18(24)21-17-6-5-13(19)11-16(17)20/h2-6,11-12H,7-10H2,1H3,(H,21,24). The number of anilines is 2. The van der Waals surface area contributed by atoms with E-state index in [0.717, 1.165) is 23.6 Å². The highest BCUT2D eigenvalue weighted by Gasteiger charge is 2.22. The van der Waals surface area contributed by atoms with Gasteiger partial charge in [-0.1, -0.05) is 6.07 Å². The lowest BCUT2D eigenvalue weighted by molar-refractivity contribution is 0.208. The Labute approximate surface area is 144 Å². The number of nitrogens with one attached hydrogen (secondary N) is 1. The van der Waals surface area contributed by atoms with Gasteiger partial charge < -0.3 is 19.9 Å². The molecule has 1 heterocycles. The summed E-state index contributed by atoms with van der Waals surface area (Å²) in [6.45, 7) is 2.33. The molecule has 0 radical (unpaired) electrons. The van der Waals surface area contributed by atoms with E-state index >= 15 is 0 Å². The Hall–Kier alpha value is -2.83.